The normalized spacial score (nSPS) is 9.94. The number of rotatable bonds is 3. The number of amides is 1. The lowest BCUT2D eigenvalue weighted by atomic mass is 10.2. The third-order valence-electron chi connectivity index (χ3n) is 2.16. The van der Waals surface area contributed by atoms with Gasteiger partial charge in [-0.15, -0.1) is 0 Å². The smallest absolute Gasteiger partial charge is 0.251 e. The van der Waals surface area contributed by atoms with Crippen molar-refractivity contribution in [3.63, 3.8) is 0 Å². The summed E-state index contributed by atoms with van der Waals surface area (Å²) in [6, 6.07) is 9.00. The van der Waals surface area contributed by atoms with E-state index < -0.39 is 0 Å². The van der Waals surface area contributed by atoms with Crippen LogP contribution < -0.4 is 5.32 Å². The van der Waals surface area contributed by atoms with Crippen LogP contribution in [0.5, 0.6) is 0 Å². The minimum absolute atomic E-state index is 0.120. The summed E-state index contributed by atoms with van der Waals surface area (Å²) in [6.45, 7) is 0.397. The van der Waals surface area contributed by atoms with E-state index in [0.29, 0.717) is 12.1 Å². The van der Waals surface area contributed by atoms with Crippen LogP contribution in [0.25, 0.3) is 0 Å². The highest BCUT2D eigenvalue weighted by Crippen LogP contribution is 2.11. The fourth-order valence-electron chi connectivity index (χ4n) is 1.33. The molecule has 0 aliphatic rings. The summed E-state index contributed by atoms with van der Waals surface area (Å²) in [7, 11) is 0. The maximum absolute atomic E-state index is 11.8. The van der Waals surface area contributed by atoms with E-state index in [1.165, 1.54) is 6.33 Å². The first-order valence-corrected chi connectivity index (χ1v) is 5.83. The number of carbonyl (C=O) groups is 1. The molecule has 0 radical (unpaired) electrons. The molecule has 86 valence electrons. The average Bonchev–Trinajstić information content (AvgIpc) is 2.37. The zero-order valence-electron chi connectivity index (χ0n) is 8.93. The quantitative estimate of drug-likeness (QED) is 0.943. The molecular weight excluding hydrogens is 282 g/mol. The Morgan fingerprint density at radius 3 is 2.94 bits per heavy atom. The zero-order valence-corrected chi connectivity index (χ0v) is 10.5. The Labute approximate surface area is 107 Å². The highest BCUT2D eigenvalue weighted by Gasteiger charge is 2.05. The van der Waals surface area contributed by atoms with Crippen molar-refractivity contribution in [1.29, 1.82) is 0 Å². The van der Waals surface area contributed by atoms with Gasteiger partial charge in [0.1, 0.15) is 6.33 Å². The summed E-state index contributed by atoms with van der Waals surface area (Å²) in [5.41, 5.74) is 1.40. The monoisotopic (exact) mass is 291 g/mol. The van der Waals surface area contributed by atoms with E-state index in [-0.39, 0.29) is 5.91 Å². The van der Waals surface area contributed by atoms with Gasteiger partial charge in [0.2, 0.25) is 0 Å². The van der Waals surface area contributed by atoms with Gasteiger partial charge in [0.05, 0.1) is 12.2 Å². The standard InChI is InChI=1S/C12H10BrN3O/c13-10-3-1-2-9(6-10)12(17)15-7-11-4-5-14-8-16-11/h1-6,8H,7H2,(H,15,17). The lowest BCUT2D eigenvalue weighted by molar-refractivity contribution is 0.0950. The number of benzene rings is 1. The third-order valence-corrected chi connectivity index (χ3v) is 2.65. The van der Waals surface area contributed by atoms with Crippen molar-refractivity contribution in [3.05, 3.63) is 58.6 Å². The van der Waals surface area contributed by atoms with E-state index in [4.69, 9.17) is 0 Å². The molecule has 0 aliphatic carbocycles. The SMILES string of the molecule is O=C(NCc1ccncn1)c1cccc(Br)c1. The number of nitrogens with zero attached hydrogens (tertiary/aromatic N) is 2. The Bertz CT molecular complexity index is 516. The molecule has 0 fully saturated rings. The molecule has 5 heteroatoms. The summed E-state index contributed by atoms with van der Waals surface area (Å²) >= 11 is 3.33. The van der Waals surface area contributed by atoms with Crippen molar-refractivity contribution in [2.75, 3.05) is 0 Å². The molecule has 0 spiro atoms. The maximum atomic E-state index is 11.8. The molecule has 1 N–H and O–H groups in total. The Kier molecular flexibility index (Phi) is 3.82. The summed E-state index contributed by atoms with van der Waals surface area (Å²) in [4.78, 5) is 19.6. The van der Waals surface area contributed by atoms with Gasteiger partial charge in [-0.2, -0.15) is 0 Å². The lowest BCUT2D eigenvalue weighted by Gasteiger charge is -2.04. The summed E-state index contributed by atoms with van der Waals surface area (Å²) in [6.07, 6.45) is 3.11. The molecule has 0 bridgehead atoms. The van der Waals surface area contributed by atoms with Crippen LogP contribution in [0, 0.1) is 0 Å². The van der Waals surface area contributed by atoms with E-state index >= 15 is 0 Å². The molecule has 2 rings (SSSR count). The molecule has 0 aliphatic heterocycles. The number of aromatic nitrogens is 2. The van der Waals surface area contributed by atoms with Gasteiger partial charge >= 0.3 is 0 Å². The Hall–Kier alpha value is -1.75. The van der Waals surface area contributed by atoms with Crippen molar-refractivity contribution in [3.8, 4) is 0 Å². The van der Waals surface area contributed by atoms with Gasteiger partial charge in [-0.1, -0.05) is 22.0 Å². The predicted octanol–water partition coefficient (Wildman–Crippen LogP) is 2.17. The van der Waals surface area contributed by atoms with E-state index in [1.54, 1.807) is 24.4 Å². The first kappa shape index (κ1) is 11.7. The van der Waals surface area contributed by atoms with Crippen LogP contribution in [-0.2, 0) is 6.54 Å². The van der Waals surface area contributed by atoms with Gasteiger partial charge in [0.25, 0.3) is 5.91 Å². The molecule has 17 heavy (non-hydrogen) atoms. The predicted molar refractivity (Wildman–Crippen MR) is 67.3 cm³/mol. The van der Waals surface area contributed by atoms with E-state index in [0.717, 1.165) is 10.2 Å². The number of hydrogen-bond acceptors (Lipinski definition) is 3. The van der Waals surface area contributed by atoms with E-state index in [1.807, 2.05) is 12.1 Å². The van der Waals surface area contributed by atoms with Gasteiger partial charge < -0.3 is 5.32 Å². The average molecular weight is 292 g/mol. The highest BCUT2D eigenvalue weighted by molar-refractivity contribution is 9.10. The van der Waals surface area contributed by atoms with E-state index in [9.17, 15) is 4.79 Å². The molecule has 1 heterocycles. The molecular formula is C12H10BrN3O. The second-order valence-electron chi connectivity index (χ2n) is 3.39. The van der Waals surface area contributed by atoms with Crippen LogP contribution in [0.3, 0.4) is 0 Å². The summed E-state index contributed by atoms with van der Waals surface area (Å²) < 4.78 is 0.882. The number of hydrogen-bond donors (Lipinski definition) is 1. The van der Waals surface area contributed by atoms with Crippen molar-refractivity contribution < 1.29 is 4.79 Å². The Balaban J connectivity index is 1.98. The fraction of sp³-hybridized carbons (Fsp3) is 0.0833. The summed E-state index contributed by atoms with van der Waals surface area (Å²) in [5.74, 6) is -0.120. The van der Waals surface area contributed by atoms with Crippen LogP contribution in [0.4, 0.5) is 0 Å². The molecule has 0 atom stereocenters. The van der Waals surface area contributed by atoms with Gasteiger partial charge in [-0.25, -0.2) is 9.97 Å². The van der Waals surface area contributed by atoms with Crippen LogP contribution in [0.2, 0.25) is 0 Å². The van der Waals surface area contributed by atoms with Crippen molar-refractivity contribution >= 4 is 21.8 Å². The van der Waals surface area contributed by atoms with E-state index in [2.05, 4.69) is 31.2 Å². The summed E-state index contributed by atoms with van der Waals surface area (Å²) in [5, 5.41) is 2.79. The lowest BCUT2D eigenvalue weighted by Crippen LogP contribution is -2.23. The molecule has 0 saturated carbocycles. The van der Waals surface area contributed by atoms with Gasteiger partial charge in [0.15, 0.2) is 0 Å². The molecule has 2 aromatic rings. The van der Waals surface area contributed by atoms with Crippen molar-refractivity contribution in [1.82, 2.24) is 15.3 Å². The van der Waals surface area contributed by atoms with Crippen LogP contribution in [-0.4, -0.2) is 15.9 Å². The minimum atomic E-state index is -0.120. The molecule has 0 unspecified atom stereocenters. The molecule has 1 aromatic carbocycles. The van der Waals surface area contributed by atoms with Crippen LogP contribution in [0.1, 0.15) is 16.1 Å². The molecule has 4 nitrogen and oxygen atoms in total. The van der Waals surface area contributed by atoms with Gasteiger partial charge in [-0.05, 0) is 24.3 Å². The maximum Gasteiger partial charge on any atom is 0.251 e. The second-order valence-corrected chi connectivity index (χ2v) is 4.31. The minimum Gasteiger partial charge on any atom is -0.346 e. The van der Waals surface area contributed by atoms with Crippen molar-refractivity contribution in [2.24, 2.45) is 0 Å². The number of nitrogens with one attached hydrogen (secondary N) is 1. The largest absolute Gasteiger partial charge is 0.346 e. The fourth-order valence-corrected chi connectivity index (χ4v) is 1.72. The first-order chi connectivity index (χ1) is 8.25. The topological polar surface area (TPSA) is 54.9 Å². The van der Waals surface area contributed by atoms with Gasteiger partial charge in [0, 0.05) is 16.2 Å². The zero-order chi connectivity index (χ0) is 12.1. The third kappa shape index (κ3) is 3.35. The number of carbonyl (C=O) groups excluding carboxylic acids is 1. The highest BCUT2D eigenvalue weighted by atomic mass is 79.9. The van der Waals surface area contributed by atoms with Gasteiger partial charge in [-0.3, -0.25) is 4.79 Å². The Morgan fingerprint density at radius 2 is 2.24 bits per heavy atom. The molecule has 0 saturated heterocycles. The van der Waals surface area contributed by atoms with Crippen molar-refractivity contribution in [2.45, 2.75) is 6.54 Å². The number of halogens is 1. The Morgan fingerprint density at radius 1 is 1.35 bits per heavy atom. The van der Waals surface area contributed by atoms with Crippen LogP contribution >= 0.6 is 15.9 Å². The second kappa shape index (κ2) is 5.54. The first-order valence-electron chi connectivity index (χ1n) is 5.04. The van der Waals surface area contributed by atoms with Crippen LogP contribution in [0.15, 0.2) is 47.3 Å². The molecule has 1 amide bonds. The molecule has 1 aromatic heterocycles.